The van der Waals surface area contributed by atoms with E-state index in [1.165, 1.54) is 0 Å². The van der Waals surface area contributed by atoms with E-state index in [1.807, 2.05) is 0 Å². The van der Waals surface area contributed by atoms with E-state index in [0.717, 1.165) is 5.56 Å². The summed E-state index contributed by atoms with van der Waals surface area (Å²) in [5.41, 5.74) is 7.23. The smallest absolute Gasteiger partial charge is 0.0853 e. The van der Waals surface area contributed by atoms with E-state index < -0.39 is 6.04 Å². The van der Waals surface area contributed by atoms with E-state index in [9.17, 15) is 0 Å². The number of halogens is 1. The lowest BCUT2D eigenvalue weighted by atomic mass is 10.1. The molecule has 0 aliphatic heterocycles. The van der Waals surface area contributed by atoms with Crippen LogP contribution in [-0.2, 0) is 0 Å². The Kier molecular flexibility index (Phi) is 3.19. The van der Waals surface area contributed by atoms with Crippen molar-refractivity contribution in [3.63, 3.8) is 0 Å². The molecule has 0 bridgehead atoms. The molecule has 1 unspecified atom stereocenters. The van der Waals surface area contributed by atoms with Crippen molar-refractivity contribution in [2.75, 3.05) is 6.61 Å². The minimum Gasteiger partial charge on any atom is -0.394 e. The van der Waals surface area contributed by atoms with Crippen LogP contribution in [0.3, 0.4) is 0 Å². The number of benzene rings is 1. The molecular formula is C10H11ClN4O. The summed E-state index contributed by atoms with van der Waals surface area (Å²) >= 11 is 6.04. The second-order valence-electron chi connectivity index (χ2n) is 3.35. The molecule has 1 heterocycles. The van der Waals surface area contributed by atoms with Crippen molar-refractivity contribution in [2.24, 2.45) is 5.73 Å². The predicted octanol–water partition coefficient (Wildman–Crippen LogP) is 0.913. The fourth-order valence-electron chi connectivity index (χ4n) is 1.38. The molecule has 0 amide bonds. The molecule has 0 spiro atoms. The summed E-state index contributed by atoms with van der Waals surface area (Å²) < 4.78 is 1.55. The molecule has 0 radical (unpaired) electrons. The quantitative estimate of drug-likeness (QED) is 0.834. The van der Waals surface area contributed by atoms with Gasteiger partial charge >= 0.3 is 0 Å². The Bertz CT molecular complexity index is 472. The molecule has 1 aromatic heterocycles. The Morgan fingerprint density at radius 3 is 2.94 bits per heavy atom. The van der Waals surface area contributed by atoms with E-state index in [0.29, 0.717) is 10.7 Å². The molecule has 0 aliphatic carbocycles. The van der Waals surface area contributed by atoms with Crippen LogP contribution in [0, 0.1) is 0 Å². The zero-order valence-electron chi connectivity index (χ0n) is 8.42. The minimum atomic E-state index is -0.417. The van der Waals surface area contributed by atoms with Crippen molar-refractivity contribution in [3.05, 3.63) is 41.2 Å². The molecule has 84 valence electrons. The van der Waals surface area contributed by atoms with Crippen LogP contribution in [0.1, 0.15) is 11.6 Å². The Balaban J connectivity index is 2.45. The third-order valence-electron chi connectivity index (χ3n) is 2.26. The van der Waals surface area contributed by atoms with Gasteiger partial charge in [0, 0.05) is 0 Å². The molecule has 3 N–H and O–H groups in total. The molecule has 0 aliphatic rings. The third-order valence-corrected chi connectivity index (χ3v) is 2.58. The average Bonchev–Trinajstić information content (AvgIpc) is 2.82. The average molecular weight is 239 g/mol. The van der Waals surface area contributed by atoms with Crippen LogP contribution in [-0.4, -0.2) is 26.7 Å². The highest BCUT2D eigenvalue weighted by Gasteiger charge is 2.09. The normalized spacial score (nSPS) is 12.7. The second kappa shape index (κ2) is 4.61. The van der Waals surface area contributed by atoms with Gasteiger partial charge in [-0.25, -0.2) is 4.68 Å². The summed E-state index contributed by atoms with van der Waals surface area (Å²) in [6.07, 6.45) is 3.25. The molecule has 16 heavy (non-hydrogen) atoms. The maximum atomic E-state index is 8.99. The summed E-state index contributed by atoms with van der Waals surface area (Å²) in [5, 5.41) is 17.1. The van der Waals surface area contributed by atoms with Gasteiger partial charge in [0.1, 0.15) is 0 Å². The van der Waals surface area contributed by atoms with Crippen molar-refractivity contribution >= 4 is 11.6 Å². The fraction of sp³-hybridized carbons (Fsp3) is 0.200. The maximum Gasteiger partial charge on any atom is 0.0853 e. The van der Waals surface area contributed by atoms with Crippen molar-refractivity contribution < 1.29 is 5.11 Å². The monoisotopic (exact) mass is 238 g/mol. The predicted molar refractivity (Wildman–Crippen MR) is 60.4 cm³/mol. The van der Waals surface area contributed by atoms with Crippen LogP contribution >= 0.6 is 11.6 Å². The molecule has 6 heteroatoms. The molecule has 0 fully saturated rings. The van der Waals surface area contributed by atoms with Gasteiger partial charge in [0.25, 0.3) is 0 Å². The van der Waals surface area contributed by atoms with Crippen molar-refractivity contribution in [1.29, 1.82) is 0 Å². The molecule has 1 atom stereocenters. The summed E-state index contributed by atoms with van der Waals surface area (Å²) in [6.45, 7) is -0.113. The first-order chi connectivity index (χ1) is 7.72. The van der Waals surface area contributed by atoms with Gasteiger partial charge in [0.2, 0.25) is 0 Å². The first-order valence-corrected chi connectivity index (χ1v) is 5.12. The van der Waals surface area contributed by atoms with Gasteiger partial charge in [-0.05, 0) is 17.7 Å². The van der Waals surface area contributed by atoms with E-state index >= 15 is 0 Å². The van der Waals surface area contributed by atoms with Gasteiger partial charge in [-0.3, -0.25) is 0 Å². The number of aliphatic hydroxyl groups is 1. The van der Waals surface area contributed by atoms with Crippen LogP contribution in [0.4, 0.5) is 0 Å². The fourth-order valence-corrected chi connectivity index (χ4v) is 1.58. The topological polar surface area (TPSA) is 77.0 Å². The molecule has 0 saturated heterocycles. The van der Waals surface area contributed by atoms with Crippen LogP contribution in [0.5, 0.6) is 0 Å². The molecule has 5 nitrogen and oxygen atoms in total. The molecular weight excluding hydrogens is 228 g/mol. The standard InChI is InChI=1S/C10H11ClN4O/c11-8-2-1-7(9(12)6-16)5-10(8)15-4-3-13-14-15/h1-5,9,16H,6,12H2. The van der Waals surface area contributed by atoms with Gasteiger partial charge in [0.05, 0.1) is 35.8 Å². The lowest BCUT2D eigenvalue weighted by Gasteiger charge is -2.11. The van der Waals surface area contributed by atoms with E-state index in [-0.39, 0.29) is 6.61 Å². The SMILES string of the molecule is NC(CO)c1ccc(Cl)c(-n2ccnn2)c1. The number of aromatic nitrogens is 3. The first kappa shape index (κ1) is 11.1. The zero-order chi connectivity index (χ0) is 11.5. The summed E-state index contributed by atoms with van der Waals surface area (Å²) in [6, 6.07) is 4.88. The van der Waals surface area contributed by atoms with Crippen LogP contribution in [0.25, 0.3) is 5.69 Å². The number of nitrogens with zero attached hydrogens (tertiary/aromatic N) is 3. The van der Waals surface area contributed by atoms with Crippen molar-refractivity contribution in [2.45, 2.75) is 6.04 Å². The zero-order valence-corrected chi connectivity index (χ0v) is 9.17. The number of aliphatic hydroxyl groups excluding tert-OH is 1. The minimum absolute atomic E-state index is 0.113. The lowest BCUT2D eigenvalue weighted by molar-refractivity contribution is 0.268. The van der Waals surface area contributed by atoms with Crippen molar-refractivity contribution in [3.8, 4) is 5.69 Å². The Labute approximate surface area is 97.5 Å². The third kappa shape index (κ3) is 2.06. The highest BCUT2D eigenvalue weighted by Crippen LogP contribution is 2.23. The van der Waals surface area contributed by atoms with E-state index in [4.69, 9.17) is 22.4 Å². The van der Waals surface area contributed by atoms with E-state index in [2.05, 4.69) is 10.3 Å². The Morgan fingerprint density at radius 2 is 2.31 bits per heavy atom. The van der Waals surface area contributed by atoms with Crippen LogP contribution in [0.2, 0.25) is 5.02 Å². The van der Waals surface area contributed by atoms with Gasteiger partial charge in [0.15, 0.2) is 0 Å². The van der Waals surface area contributed by atoms with Gasteiger partial charge in [-0.2, -0.15) is 0 Å². The number of hydrogen-bond donors (Lipinski definition) is 2. The van der Waals surface area contributed by atoms with Gasteiger partial charge < -0.3 is 10.8 Å². The number of rotatable bonds is 3. The lowest BCUT2D eigenvalue weighted by Crippen LogP contribution is -2.14. The molecule has 0 saturated carbocycles. The molecule has 1 aromatic carbocycles. The number of hydrogen-bond acceptors (Lipinski definition) is 4. The largest absolute Gasteiger partial charge is 0.394 e. The Morgan fingerprint density at radius 1 is 1.50 bits per heavy atom. The summed E-state index contributed by atoms with van der Waals surface area (Å²) in [5.74, 6) is 0. The maximum absolute atomic E-state index is 8.99. The van der Waals surface area contributed by atoms with Gasteiger partial charge in [-0.1, -0.05) is 22.9 Å². The highest BCUT2D eigenvalue weighted by atomic mass is 35.5. The number of nitrogens with two attached hydrogens (primary N) is 1. The van der Waals surface area contributed by atoms with Crippen LogP contribution < -0.4 is 5.73 Å². The second-order valence-corrected chi connectivity index (χ2v) is 3.75. The van der Waals surface area contributed by atoms with Crippen LogP contribution in [0.15, 0.2) is 30.6 Å². The molecule has 2 aromatic rings. The van der Waals surface area contributed by atoms with E-state index in [1.54, 1.807) is 35.3 Å². The summed E-state index contributed by atoms with van der Waals surface area (Å²) in [4.78, 5) is 0. The first-order valence-electron chi connectivity index (χ1n) is 4.75. The molecule has 2 rings (SSSR count). The highest BCUT2D eigenvalue weighted by molar-refractivity contribution is 6.32. The van der Waals surface area contributed by atoms with Crippen molar-refractivity contribution in [1.82, 2.24) is 15.0 Å². The van der Waals surface area contributed by atoms with Gasteiger partial charge in [-0.15, -0.1) is 5.10 Å². The summed E-state index contributed by atoms with van der Waals surface area (Å²) in [7, 11) is 0. The Hall–Kier alpha value is -1.43.